The largest absolute Gasteiger partial charge is 0.497 e. The SMILES string of the molecule is CN=C(NCCCc1ccc(OC)cc1)NCc1ccc(S(C)(=O)=O)c(C)c1.I. The third-order valence-corrected chi connectivity index (χ3v) is 5.67. The molecule has 6 nitrogen and oxygen atoms in total. The molecule has 0 aliphatic rings. The van der Waals surface area contributed by atoms with Crippen molar-refractivity contribution in [2.24, 2.45) is 4.99 Å². The van der Waals surface area contributed by atoms with Crippen molar-refractivity contribution >= 4 is 39.8 Å². The van der Waals surface area contributed by atoms with E-state index in [9.17, 15) is 8.42 Å². The number of hydrogen-bond donors (Lipinski definition) is 2. The van der Waals surface area contributed by atoms with Gasteiger partial charge in [-0.15, -0.1) is 24.0 Å². The van der Waals surface area contributed by atoms with E-state index >= 15 is 0 Å². The van der Waals surface area contributed by atoms with E-state index in [1.54, 1.807) is 20.2 Å². The van der Waals surface area contributed by atoms with E-state index < -0.39 is 9.84 Å². The first-order chi connectivity index (χ1) is 13.3. The van der Waals surface area contributed by atoms with Gasteiger partial charge in [0.1, 0.15) is 5.75 Å². The molecule has 0 spiro atoms. The van der Waals surface area contributed by atoms with Crippen LogP contribution in [-0.4, -0.2) is 41.3 Å². The summed E-state index contributed by atoms with van der Waals surface area (Å²) in [6.45, 7) is 3.19. The van der Waals surface area contributed by atoms with Crippen LogP contribution in [0.4, 0.5) is 0 Å². The maximum absolute atomic E-state index is 11.7. The molecule has 0 heterocycles. The Morgan fingerprint density at radius 2 is 1.72 bits per heavy atom. The van der Waals surface area contributed by atoms with Crippen LogP contribution in [0.5, 0.6) is 5.75 Å². The quantitative estimate of drug-likeness (QED) is 0.237. The molecule has 0 radical (unpaired) electrons. The van der Waals surface area contributed by atoms with Gasteiger partial charge < -0.3 is 15.4 Å². The zero-order chi connectivity index (χ0) is 20.6. The van der Waals surface area contributed by atoms with Crippen molar-refractivity contribution in [2.45, 2.75) is 31.2 Å². The molecule has 0 saturated heterocycles. The van der Waals surface area contributed by atoms with E-state index in [0.717, 1.165) is 42.2 Å². The number of rotatable bonds is 8. The van der Waals surface area contributed by atoms with Crippen molar-refractivity contribution in [3.05, 3.63) is 59.2 Å². The highest BCUT2D eigenvalue weighted by Gasteiger charge is 2.10. The van der Waals surface area contributed by atoms with Crippen molar-refractivity contribution in [1.29, 1.82) is 0 Å². The Balaban J connectivity index is 0.00000420. The molecule has 0 amide bonds. The van der Waals surface area contributed by atoms with Gasteiger partial charge in [-0.25, -0.2) is 8.42 Å². The Morgan fingerprint density at radius 1 is 1.07 bits per heavy atom. The van der Waals surface area contributed by atoms with Gasteiger partial charge >= 0.3 is 0 Å². The number of aryl methyl sites for hydroxylation is 2. The Morgan fingerprint density at radius 3 is 2.28 bits per heavy atom. The van der Waals surface area contributed by atoms with Crippen molar-refractivity contribution < 1.29 is 13.2 Å². The van der Waals surface area contributed by atoms with Gasteiger partial charge in [0.05, 0.1) is 12.0 Å². The van der Waals surface area contributed by atoms with E-state index in [1.807, 2.05) is 31.2 Å². The molecule has 2 N–H and O–H groups in total. The summed E-state index contributed by atoms with van der Waals surface area (Å²) in [7, 11) is 0.207. The van der Waals surface area contributed by atoms with Gasteiger partial charge in [-0.1, -0.05) is 24.3 Å². The van der Waals surface area contributed by atoms with Crippen LogP contribution in [0.15, 0.2) is 52.4 Å². The molecule has 0 atom stereocenters. The Bertz CT molecular complexity index is 913. The summed E-state index contributed by atoms with van der Waals surface area (Å²) in [5.74, 6) is 1.59. The number of halogens is 1. The van der Waals surface area contributed by atoms with Gasteiger partial charge in [0.25, 0.3) is 0 Å². The number of guanidine groups is 1. The van der Waals surface area contributed by atoms with E-state index in [4.69, 9.17) is 4.74 Å². The second-order valence-corrected chi connectivity index (χ2v) is 8.66. The van der Waals surface area contributed by atoms with E-state index in [0.29, 0.717) is 11.4 Å². The summed E-state index contributed by atoms with van der Waals surface area (Å²) in [6.07, 6.45) is 3.18. The van der Waals surface area contributed by atoms with Crippen LogP contribution in [0.2, 0.25) is 0 Å². The molecular formula is C21H30IN3O3S. The van der Waals surface area contributed by atoms with Gasteiger partial charge in [0, 0.05) is 26.4 Å². The van der Waals surface area contributed by atoms with Gasteiger partial charge in [-0.05, 0) is 54.7 Å². The minimum absolute atomic E-state index is 0. The summed E-state index contributed by atoms with van der Waals surface area (Å²) in [5, 5.41) is 6.56. The van der Waals surface area contributed by atoms with E-state index in [1.165, 1.54) is 11.8 Å². The fraction of sp³-hybridized carbons (Fsp3) is 0.381. The highest BCUT2D eigenvalue weighted by atomic mass is 127. The van der Waals surface area contributed by atoms with Gasteiger partial charge in [-0.3, -0.25) is 4.99 Å². The average molecular weight is 531 g/mol. The molecule has 8 heteroatoms. The van der Waals surface area contributed by atoms with Crippen molar-refractivity contribution in [3.8, 4) is 5.75 Å². The van der Waals surface area contributed by atoms with Crippen LogP contribution in [0.25, 0.3) is 0 Å². The first kappa shape index (κ1) is 25.2. The van der Waals surface area contributed by atoms with Gasteiger partial charge in [0.15, 0.2) is 15.8 Å². The van der Waals surface area contributed by atoms with Crippen LogP contribution in [0, 0.1) is 6.92 Å². The van der Waals surface area contributed by atoms with Gasteiger partial charge in [-0.2, -0.15) is 0 Å². The molecule has 2 aromatic rings. The molecule has 0 fully saturated rings. The second kappa shape index (κ2) is 12.0. The number of methoxy groups -OCH3 is 1. The molecule has 0 aromatic heterocycles. The monoisotopic (exact) mass is 531 g/mol. The first-order valence-electron chi connectivity index (χ1n) is 9.20. The second-order valence-electron chi connectivity index (χ2n) is 6.68. The third-order valence-electron chi connectivity index (χ3n) is 4.42. The number of hydrogen-bond acceptors (Lipinski definition) is 4. The Kier molecular flexibility index (Phi) is 10.5. The third kappa shape index (κ3) is 8.22. The number of nitrogens with one attached hydrogen (secondary N) is 2. The lowest BCUT2D eigenvalue weighted by Gasteiger charge is -2.13. The van der Waals surface area contributed by atoms with E-state index in [2.05, 4.69) is 27.8 Å². The summed E-state index contributed by atoms with van der Waals surface area (Å²) >= 11 is 0. The number of nitrogens with zero attached hydrogens (tertiary/aromatic N) is 1. The minimum atomic E-state index is -3.19. The standard InChI is InChI=1S/C21H29N3O3S.HI/c1-16-14-18(9-12-20(16)28(4,25)26)15-24-21(22-2)23-13-5-6-17-7-10-19(27-3)11-8-17;/h7-12,14H,5-6,13,15H2,1-4H3,(H2,22,23,24);1H. The predicted octanol–water partition coefficient (Wildman–Crippen LogP) is 3.32. The van der Waals surface area contributed by atoms with Crippen LogP contribution in [0.3, 0.4) is 0 Å². The maximum Gasteiger partial charge on any atom is 0.191 e. The van der Waals surface area contributed by atoms with Crippen LogP contribution < -0.4 is 15.4 Å². The molecule has 160 valence electrons. The molecule has 29 heavy (non-hydrogen) atoms. The maximum atomic E-state index is 11.7. The first-order valence-corrected chi connectivity index (χ1v) is 11.1. The number of sulfone groups is 1. The lowest BCUT2D eigenvalue weighted by molar-refractivity contribution is 0.414. The molecule has 0 unspecified atom stereocenters. The molecule has 0 saturated carbocycles. The molecule has 2 aromatic carbocycles. The smallest absolute Gasteiger partial charge is 0.191 e. The molecular weight excluding hydrogens is 501 g/mol. The Labute approximate surface area is 191 Å². The fourth-order valence-corrected chi connectivity index (χ4v) is 3.89. The van der Waals surface area contributed by atoms with Crippen molar-refractivity contribution in [3.63, 3.8) is 0 Å². The minimum Gasteiger partial charge on any atom is -0.497 e. The highest BCUT2D eigenvalue weighted by molar-refractivity contribution is 14.0. The van der Waals surface area contributed by atoms with Crippen molar-refractivity contribution in [1.82, 2.24) is 10.6 Å². The summed E-state index contributed by atoms with van der Waals surface area (Å²) in [4.78, 5) is 4.60. The summed E-state index contributed by atoms with van der Waals surface area (Å²) in [5.41, 5.74) is 3.03. The normalized spacial score (nSPS) is 11.5. The molecule has 0 bridgehead atoms. The van der Waals surface area contributed by atoms with Crippen LogP contribution in [-0.2, 0) is 22.8 Å². The van der Waals surface area contributed by atoms with E-state index in [-0.39, 0.29) is 24.0 Å². The zero-order valence-electron chi connectivity index (χ0n) is 17.4. The number of benzene rings is 2. The van der Waals surface area contributed by atoms with Gasteiger partial charge in [0.2, 0.25) is 0 Å². The zero-order valence-corrected chi connectivity index (χ0v) is 20.5. The summed E-state index contributed by atoms with van der Waals surface area (Å²) < 4.78 is 28.6. The Hall–Kier alpha value is -1.81. The highest BCUT2D eigenvalue weighted by Crippen LogP contribution is 2.16. The topological polar surface area (TPSA) is 79.8 Å². The van der Waals surface area contributed by atoms with Crippen LogP contribution in [0.1, 0.15) is 23.1 Å². The lowest BCUT2D eigenvalue weighted by Crippen LogP contribution is -2.37. The predicted molar refractivity (Wildman–Crippen MR) is 129 cm³/mol. The average Bonchev–Trinajstić information content (AvgIpc) is 2.67. The summed E-state index contributed by atoms with van der Waals surface area (Å²) in [6, 6.07) is 13.5. The molecule has 0 aliphatic carbocycles. The molecule has 2 rings (SSSR count). The van der Waals surface area contributed by atoms with Crippen molar-refractivity contribution in [2.75, 3.05) is 27.0 Å². The fourth-order valence-electron chi connectivity index (χ4n) is 2.94. The lowest BCUT2D eigenvalue weighted by atomic mass is 10.1. The number of ether oxygens (including phenoxy) is 1. The number of aliphatic imine (C=N–C) groups is 1. The molecule has 0 aliphatic heterocycles. The van der Waals surface area contributed by atoms with Crippen LogP contribution >= 0.6 is 24.0 Å².